The van der Waals surface area contributed by atoms with E-state index in [1.54, 1.807) is 0 Å². The van der Waals surface area contributed by atoms with E-state index in [0.717, 1.165) is 32.0 Å². The first-order chi connectivity index (χ1) is 9.90. The Morgan fingerprint density at radius 2 is 1.43 bits per heavy atom. The Morgan fingerprint density at radius 3 is 1.86 bits per heavy atom. The zero-order chi connectivity index (χ0) is 15.7. The highest BCUT2D eigenvalue weighted by Crippen LogP contribution is 2.40. The van der Waals surface area contributed by atoms with Crippen LogP contribution >= 0.6 is 0 Å². The van der Waals surface area contributed by atoms with Crippen LogP contribution < -0.4 is 0 Å². The molecule has 4 atom stereocenters. The minimum atomic E-state index is -0.230. The number of hydrogen-bond donors (Lipinski definition) is 0. The van der Waals surface area contributed by atoms with E-state index < -0.39 is 0 Å². The molecule has 1 heterocycles. The van der Waals surface area contributed by atoms with Crippen molar-refractivity contribution < 1.29 is 14.4 Å². The molecule has 0 N–H and O–H groups in total. The lowest BCUT2D eigenvalue weighted by Gasteiger charge is -2.34. The van der Waals surface area contributed by atoms with Crippen molar-refractivity contribution in [2.75, 3.05) is 0 Å². The third kappa shape index (κ3) is 2.77. The minimum absolute atomic E-state index is 0.0487. The van der Waals surface area contributed by atoms with Crippen molar-refractivity contribution in [2.24, 2.45) is 29.6 Å². The lowest BCUT2D eigenvalue weighted by Crippen LogP contribution is -2.47. The summed E-state index contributed by atoms with van der Waals surface area (Å²) in [6.07, 6.45) is 4.51. The van der Waals surface area contributed by atoms with Crippen molar-refractivity contribution in [3.05, 3.63) is 0 Å². The molecule has 1 aliphatic heterocycles. The molecule has 2 rings (SSSR count). The number of nitrogens with zero attached hydrogens (tertiary/aromatic N) is 1. The minimum Gasteiger partial charge on any atom is -0.303 e. The van der Waals surface area contributed by atoms with Crippen LogP contribution in [0.4, 0.5) is 0 Å². The number of rotatable bonds is 4. The van der Waals surface area contributed by atoms with E-state index in [9.17, 15) is 14.4 Å². The smallest absolute Gasteiger partial charge is 0.233 e. The summed E-state index contributed by atoms with van der Waals surface area (Å²) >= 11 is 0. The fourth-order valence-electron chi connectivity index (χ4n) is 4.08. The number of likely N-dealkylation sites (tertiary alicyclic amines) is 1. The summed E-state index contributed by atoms with van der Waals surface area (Å²) < 4.78 is 0. The molecule has 0 spiro atoms. The number of carbonyl (C=O) groups is 3. The van der Waals surface area contributed by atoms with Crippen molar-refractivity contribution in [1.29, 1.82) is 0 Å². The zero-order valence-electron chi connectivity index (χ0n) is 13.5. The van der Waals surface area contributed by atoms with Crippen LogP contribution in [0.3, 0.4) is 0 Å². The number of hydrogen-bond acceptors (Lipinski definition) is 3. The fourth-order valence-corrected chi connectivity index (χ4v) is 4.08. The van der Waals surface area contributed by atoms with Crippen LogP contribution in [-0.2, 0) is 14.4 Å². The number of imide groups is 1. The fraction of sp³-hybridized carbons (Fsp3) is 0.824. The van der Waals surface area contributed by atoms with Gasteiger partial charge in [-0.05, 0) is 24.7 Å². The molecule has 0 aromatic heterocycles. The second-order valence-electron chi connectivity index (χ2n) is 7.24. The molecule has 118 valence electrons. The first-order valence-corrected chi connectivity index (χ1v) is 8.22. The Labute approximate surface area is 127 Å². The van der Waals surface area contributed by atoms with Crippen LogP contribution in [0.2, 0.25) is 0 Å². The van der Waals surface area contributed by atoms with E-state index in [1.807, 2.05) is 27.7 Å². The van der Waals surface area contributed by atoms with Gasteiger partial charge in [0.1, 0.15) is 6.29 Å². The van der Waals surface area contributed by atoms with E-state index in [-0.39, 0.29) is 47.4 Å². The lowest BCUT2D eigenvalue weighted by atomic mass is 9.79. The van der Waals surface area contributed by atoms with Gasteiger partial charge in [0.2, 0.25) is 11.8 Å². The summed E-state index contributed by atoms with van der Waals surface area (Å²) in [5.74, 6) is -0.432. The molecule has 0 bridgehead atoms. The summed E-state index contributed by atoms with van der Waals surface area (Å²) in [6, 6.07) is -0.207. The van der Waals surface area contributed by atoms with E-state index in [4.69, 9.17) is 0 Å². The van der Waals surface area contributed by atoms with Crippen LogP contribution in [0.1, 0.15) is 53.4 Å². The number of carbonyl (C=O) groups excluding carboxylic acids is 3. The molecule has 0 aromatic carbocycles. The number of amides is 2. The highest BCUT2D eigenvalue weighted by molar-refractivity contribution is 6.05. The standard InChI is InChI=1S/C17H27NO3/c1-10(2)14-15(11(3)4)17(21)18(16(14)20)13-8-6-5-7-12(13)9-19/h9-15H,5-8H2,1-4H3. The normalized spacial score (nSPS) is 34.1. The van der Waals surface area contributed by atoms with Gasteiger partial charge < -0.3 is 4.79 Å². The molecule has 2 aliphatic rings. The maximum absolute atomic E-state index is 12.8. The second kappa shape index (κ2) is 6.29. The van der Waals surface area contributed by atoms with Gasteiger partial charge in [-0.15, -0.1) is 0 Å². The first kappa shape index (κ1) is 16.2. The van der Waals surface area contributed by atoms with E-state index in [1.165, 1.54) is 4.90 Å². The van der Waals surface area contributed by atoms with Crippen molar-refractivity contribution in [3.63, 3.8) is 0 Å². The highest BCUT2D eigenvalue weighted by Gasteiger charge is 2.53. The molecule has 2 fully saturated rings. The molecule has 4 nitrogen and oxygen atoms in total. The van der Waals surface area contributed by atoms with Gasteiger partial charge in [0.25, 0.3) is 0 Å². The molecule has 0 radical (unpaired) electrons. The van der Waals surface area contributed by atoms with Crippen LogP contribution in [0.5, 0.6) is 0 Å². The molecule has 1 aliphatic carbocycles. The summed E-state index contributed by atoms with van der Waals surface area (Å²) in [4.78, 5) is 38.4. The Balaban J connectivity index is 2.33. The molecule has 21 heavy (non-hydrogen) atoms. The number of aldehydes is 1. The van der Waals surface area contributed by atoms with E-state index in [2.05, 4.69) is 0 Å². The van der Waals surface area contributed by atoms with E-state index in [0.29, 0.717) is 0 Å². The Hall–Kier alpha value is -1.19. The predicted octanol–water partition coefficient (Wildman–Crippen LogP) is 2.66. The summed E-state index contributed by atoms with van der Waals surface area (Å²) in [5, 5.41) is 0. The lowest BCUT2D eigenvalue weighted by molar-refractivity contribution is -0.145. The van der Waals surface area contributed by atoms with Crippen LogP contribution in [0.25, 0.3) is 0 Å². The SMILES string of the molecule is CC(C)C1C(=O)N(C2CCCCC2C=O)C(=O)C1C(C)C. The molecule has 4 unspecified atom stereocenters. The Bertz CT molecular complexity index is 404. The molecule has 1 saturated carbocycles. The Kier molecular flexibility index (Phi) is 4.84. The maximum atomic E-state index is 12.8. The quantitative estimate of drug-likeness (QED) is 0.591. The second-order valence-corrected chi connectivity index (χ2v) is 7.24. The monoisotopic (exact) mass is 293 g/mol. The van der Waals surface area contributed by atoms with Crippen LogP contribution in [-0.4, -0.2) is 29.0 Å². The third-order valence-electron chi connectivity index (χ3n) is 5.16. The van der Waals surface area contributed by atoms with Gasteiger partial charge in [-0.25, -0.2) is 0 Å². The zero-order valence-corrected chi connectivity index (χ0v) is 13.5. The van der Waals surface area contributed by atoms with Crippen molar-refractivity contribution >= 4 is 18.1 Å². The van der Waals surface area contributed by atoms with Gasteiger partial charge in [-0.1, -0.05) is 40.5 Å². The van der Waals surface area contributed by atoms with Crippen LogP contribution in [0.15, 0.2) is 0 Å². The molecular weight excluding hydrogens is 266 g/mol. The molecule has 1 saturated heterocycles. The summed E-state index contributed by atoms with van der Waals surface area (Å²) in [5.41, 5.74) is 0. The van der Waals surface area contributed by atoms with Gasteiger partial charge in [-0.3, -0.25) is 14.5 Å². The maximum Gasteiger partial charge on any atom is 0.233 e. The van der Waals surface area contributed by atoms with Gasteiger partial charge in [-0.2, -0.15) is 0 Å². The topological polar surface area (TPSA) is 54.5 Å². The van der Waals surface area contributed by atoms with Gasteiger partial charge in [0, 0.05) is 12.0 Å². The molecule has 4 heteroatoms. The first-order valence-electron chi connectivity index (χ1n) is 8.22. The summed E-state index contributed by atoms with van der Waals surface area (Å²) in [7, 11) is 0. The molecular formula is C17H27NO3. The van der Waals surface area contributed by atoms with E-state index >= 15 is 0 Å². The highest BCUT2D eigenvalue weighted by atomic mass is 16.2. The average Bonchev–Trinajstić information content (AvgIpc) is 2.70. The van der Waals surface area contributed by atoms with Crippen LogP contribution in [0, 0.1) is 29.6 Å². The predicted molar refractivity (Wildman–Crippen MR) is 80.3 cm³/mol. The largest absolute Gasteiger partial charge is 0.303 e. The van der Waals surface area contributed by atoms with Crippen molar-refractivity contribution in [2.45, 2.75) is 59.4 Å². The third-order valence-corrected chi connectivity index (χ3v) is 5.16. The van der Waals surface area contributed by atoms with Crippen molar-refractivity contribution in [1.82, 2.24) is 4.90 Å². The molecule has 0 aromatic rings. The molecule has 2 amide bonds. The Morgan fingerprint density at radius 1 is 0.952 bits per heavy atom. The van der Waals surface area contributed by atoms with Gasteiger partial charge >= 0.3 is 0 Å². The van der Waals surface area contributed by atoms with Gasteiger partial charge in [0.05, 0.1) is 11.8 Å². The van der Waals surface area contributed by atoms with Crippen molar-refractivity contribution in [3.8, 4) is 0 Å². The average molecular weight is 293 g/mol. The van der Waals surface area contributed by atoms with Gasteiger partial charge in [0.15, 0.2) is 0 Å². The summed E-state index contributed by atoms with van der Waals surface area (Å²) in [6.45, 7) is 8.03.